The Morgan fingerprint density at radius 2 is 2.25 bits per heavy atom. The van der Waals surface area contributed by atoms with Crippen molar-refractivity contribution in [2.24, 2.45) is 0 Å². The monoisotopic (exact) mass is 222 g/mol. The molecule has 0 spiro atoms. The summed E-state index contributed by atoms with van der Waals surface area (Å²) in [6.45, 7) is 7.18. The predicted octanol–water partition coefficient (Wildman–Crippen LogP) is 1.78. The lowest BCUT2D eigenvalue weighted by Crippen LogP contribution is -2.32. The lowest BCUT2D eigenvalue weighted by atomic mass is 10.2. The van der Waals surface area contributed by atoms with Crippen molar-refractivity contribution in [1.29, 1.82) is 0 Å². The van der Waals surface area contributed by atoms with Crippen LogP contribution in [0.15, 0.2) is 18.3 Å². The van der Waals surface area contributed by atoms with Gasteiger partial charge < -0.3 is 9.64 Å². The lowest BCUT2D eigenvalue weighted by molar-refractivity contribution is -0.141. The molecule has 0 amide bonds. The molecule has 16 heavy (non-hydrogen) atoms. The van der Waals surface area contributed by atoms with Crippen molar-refractivity contribution >= 4 is 11.8 Å². The SMILES string of the molecule is CCOC(=O)CN(CC)c1ncccc1C. The summed E-state index contributed by atoms with van der Waals surface area (Å²) >= 11 is 0. The molecule has 0 N–H and O–H groups in total. The third kappa shape index (κ3) is 3.22. The number of nitrogens with zero attached hydrogens (tertiary/aromatic N) is 2. The molecule has 4 nitrogen and oxygen atoms in total. The van der Waals surface area contributed by atoms with E-state index in [2.05, 4.69) is 4.98 Å². The number of pyridine rings is 1. The van der Waals surface area contributed by atoms with Crippen molar-refractivity contribution in [2.75, 3.05) is 24.6 Å². The fourth-order valence-electron chi connectivity index (χ4n) is 1.51. The van der Waals surface area contributed by atoms with Gasteiger partial charge in [-0.05, 0) is 32.4 Å². The van der Waals surface area contributed by atoms with Crippen molar-refractivity contribution in [3.8, 4) is 0 Å². The predicted molar refractivity (Wildman–Crippen MR) is 63.5 cm³/mol. The normalized spacial score (nSPS) is 9.94. The number of carbonyl (C=O) groups is 1. The van der Waals surface area contributed by atoms with E-state index in [1.54, 1.807) is 13.1 Å². The van der Waals surface area contributed by atoms with E-state index in [4.69, 9.17) is 4.74 Å². The highest BCUT2D eigenvalue weighted by Gasteiger charge is 2.13. The topological polar surface area (TPSA) is 42.4 Å². The number of ether oxygens (including phenoxy) is 1. The Morgan fingerprint density at radius 3 is 2.81 bits per heavy atom. The first-order valence-electron chi connectivity index (χ1n) is 5.51. The minimum atomic E-state index is -0.214. The molecule has 1 aromatic rings. The van der Waals surface area contributed by atoms with Crippen molar-refractivity contribution in [3.05, 3.63) is 23.9 Å². The van der Waals surface area contributed by atoms with Gasteiger partial charge in [-0.3, -0.25) is 4.79 Å². The summed E-state index contributed by atoms with van der Waals surface area (Å²) in [4.78, 5) is 17.6. The van der Waals surface area contributed by atoms with Crippen LogP contribution in [-0.4, -0.2) is 30.6 Å². The van der Waals surface area contributed by atoms with Crippen LogP contribution in [0.5, 0.6) is 0 Å². The maximum atomic E-state index is 11.4. The number of hydrogen-bond donors (Lipinski definition) is 0. The fourth-order valence-corrected chi connectivity index (χ4v) is 1.51. The Hall–Kier alpha value is -1.58. The summed E-state index contributed by atoms with van der Waals surface area (Å²) in [5.74, 6) is 0.632. The molecule has 4 heteroatoms. The van der Waals surface area contributed by atoms with Gasteiger partial charge in [0.05, 0.1) is 6.61 Å². The van der Waals surface area contributed by atoms with Crippen molar-refractivity contribution in [2.45, 2.75) is 20.8 Å². The molecule has 0 fully saturated rings. The van der Waals surface area contributed by atoms with Gasteiger partial charge >= 0.3 is 5.97 Å². The third-order valence-corrected chi connectivity index (χ3v) is 2.29. The first-order valence-corrected chi connectivity index (χ1v) is 5.51. The molecule has 0 aliphatic heterocycles. The van der Waals surface area contributed by atoms with E-state index < -0.39 is 0 Å². The van der Waals surface area contributed by atoms with E-state index in [-0.39, 0.29) is 12.5 Å². The summed E-state index contributed by atoms with van der Waals surface area (Å²) < 4.78 is 4.93. The molecule has 0 saturated carbocycles. The molecule has 0 aliphatic carbocycles. The molecule has 1 heterocycles. The maximum absolute atomic E-state index is 11.4. The molecule has 0 bridgehead atoms. The molecule has 0 aromatic carbocycles. The molecule has 0 radical (unpaired) electrons. The van der Waals surface area contributed by atoms with Crippen LogP contribution >= 0.6 is 0 Å². The molecule has 88 valence electrons. The first kappa shape index (κ1) is 12.5. The quantitative estimate of drug-likeness (QED) is 0.712. The van der Waals surface area contributed by atoms with Gasteiger partial charge in [-0.1, -0.05) is 6.07 Å². The number of esters is 1. The minimum absolute atomic E-state index is 0.214. The van der Waals surface area contributed by atoms with Gasteiger partial charge in [0, 0.05) is 12.7 Å². The highest BCUT2D eigenvalue weighted by Crippen LogP contribution is 2.15. The van der Waals surface area contributed by atoms with E-state index in [0.717, 1.165) is 17.9 Å². The number of anilines is 1. The first-order chi connectivity index (χ1) is 7.69. The molecule has 0 unspecified atom stereocenters. The van der Waals surface area contributed by atoms with Gasteiger partial charge in [-0.2, -0.15) is 0 Å². The number of hydrogen-bond acceptors (Lipinski definition) is 4. The van der Waals surface area contributed by atoms with Crippen molar-refractivity contribution in [1.82, 2.24) is 4.98 Å². The van der Waals surface area contributed by atoms with Gasteiger partial charge in [0.1, 0.15) is 12.4 Å². The average molecular weight is 222 g/mol. The number of likely N-dealkylation sites (N-methyl/N-ethyl adjacent to an activating group) is 1. The summed E-state index contributed by atoms with van der Waals surface area (Å²) in [6, 6.07) is 3.87. The smallest absolute Gasteiger partial charge is 0.325 e. The Morgan fingerprint density at radius 1 is 1.50 bits per heavy atom. The van der Waals surface area contributed by atoms with Gasteiger partial charge in [-0.25, -0.2) is 4.98 Å². The van der Waals surface area contributed by atoms with Crippen LogP contribution in [0.3, 0.4) is 0 Å². The second-order valence-electron chi connectivity index (χ2n) is 3.46. The zero-order valence-corrected chi connectivity index (χ0v) is 10.1. The van der Waals surface area contributed by atoms with E-state index >= 15 is 0 Å². The Labute approximate surface area is 96.2 Å². The Kier molecular flexibility index (Phi) is 4.76. The van der Waals surface area contributed by atoms with Crippen LogP contribution in [0.2, 0.25) is 0 Å². The molecule has 0 atom stereocenters. The zero-order valence-electron chi connectivity index (χ0n) is 10.1. The Bertz CT molecular complexity index is 353. The molecular weight excluding hydrogens is 204 g/mol. The van der Waals surface area contributed by atoms with Crippen LogP contribution in [0, 0.1) is 6.92 Å². The van der Waals surface area contributed by atoms with Crippen LogP contribution < -0.4 is 4.90 Å². The van der Waals surface area contributed by atoms with Crippen molar-refractivity contribution < 1.29 is 9.53 Å². The Balaban J connectivity index is 2.75. The van der Waals surface area contributed by atoms with Gasteiger partial charge in [0.15, 0.2) is 0 Å². The average Bonchev–Trinajstić information content (AvgIpc) is 2.27. The van der Waals surface area contributed by atoms with Gasteiger partial charge in [0.2, 0.25) is 0 Å². The highest BCUT2D eigenvalue weighted by atomic mass is 16.5. The van der Waals surface area contributed by atoms with E-state index in [9.17, 15) is 4.79 Å². The van der Waals surface area contributed by atoms with Gasteiger partial charge in [-0.15, -0.1) is 0 Å². The maximum Gasteiger partial charge on any atom is 0.325 e. The molecular formula is C12H18N2O2. The fraction of sp³-hybridized carbons (Fsp3) is 0.500. The standard InChI is InChI=1S/C12H18N2O2/c1-4-14(9-11(15)16-5-2)12-10(3)7-6-8-13-12/h6-8H,4-5,9H2,1-3H3. The lowest BCUT2D eigenvalue weighted by Gasteiger charge is -2.22. The summed E-state index contributed by atoms with van der Waals surface area (Å²) in [6.07, 6.45) is 1.73. The largest absolute Gasteiger partial charge is 0.465 e. The molecule has 0 aliphatic rings. The van der Waals surface area contributed by atoms with Crippen LogP contribution in [-0.2, 0) is 9.53 Å². The van der Waals surface area contributed by atoms with Crippen LogP contribution in [0.1, 0.15) is 19.4 Å². The number of carbonyl (C=O) groups excluding carboxylic acids is 1. The van der Waals surface area contributed by atoms with Crippen LogP contribution in [0.4, 0.5) is 5.82 Å². The second kappa shape index (κ2) is 6.10. The number of aromatic nitrogens is 1. The second-order valence-corrected chi connectivity index (χ2v) is 3.46. The summed E-state index contributed by atoms with van der Waals surface area (Å²) in [5, 5.41) is 0. The van der Waals surface area contributed by atoms with E-state index in [1.807, 2.05) is 30.9 Å². The number of aryl methyl sites for hydroxylation is 1. The van der Waals surface area contributed by atoms with Crippen molar-refractivity contribution in [3.63, 3.8) is 0 Å². The highest BCUT2D eigenvalue weighted by molar-refractivity contribution is 5.75. The molecule has 1 rings (SSSR count). The third-order valence-electron chi connectivity index (χ3n) is 2.29. The van der Waals surface area contributed by atoms with E-state index in [0.29, 0.717) is 6.61 Å². The zero-order chi connectivity index (χ0) is 12.0. The van der Waals surface area contributed by atoms with Gasteiger partial charge in [0.25, 0.3) is 0 Å². The van der Waals surface area contributed by atoms with E-state index in [1.165, 1.54) is 0 Å². The van der Waals surface area contributed by atoms with Crippen LogP contribution in [0.25, 0.3) is 0 Å². The minimum Gasteiger partial charge on any atom is -0.465 e. The number of rotatable bonds is 5. The molecule has 1 aromatic heterocycles. The molecule has 0 saturated heterocycles. The summed E-state index contributed by atoms with van der Waals surface area (Å²) in [7, 11) is 0. The summed E-state index contributed by atoms with van der Waals surface area (Å²) in [5.41, 5.74) is 1.06.